The van der Waals surface area contributed by atoms with E-state index in [1.807, 2.05) is 0 Å². The summed E-state index contributed by atoms with van der Waals surface area (Å²) in [6, 6.07) is 7.04. The van der Waals surface area contributed by atoms with Gasteiger partial charge in [-0.3, -0.25) is 0 Å². The number of alkyl halides is 3. The summed E-state index contributed by atoms with van der Waals surface area (Å²) < 4.78 is 67.9. The molecule has 10 heteroatoms. The van der Waals surface area contributed by atoms with Gasteiger partial charge in [0.2, 0.25) is 0 Å². The number of hydrogen-bond acceptors (Lipinski definition) is 5. The van der Waals surface area contributed by atoms with Crippen LogP contribution in [0.25, 0.3) is 10.9 Å². The summed E-state index contributed by atoms with van der Waals surface area (Å²) in [6.07, 6.45) is -5.40. The Morgan fingerprint density at radius 2 is 1.84 bits per heavy atom. The number of nitrogens with zero attached hydrogens (tertiary/aromatic N) is 1. The Hall–Kier alpha value is -3.56. The second kappa shape index (κ2) is 8.66. The number of aromatic nitrogens is 1. The Morgan fingerprint density at radius 3 is 2.48 bits per heavy atom. The van der Waals surface area contributed by atoms with Gasteiger partial charge in [0.15, 0.2) is 5.75 Å². The number of fused-ring (bicyclic) bond motifs is 1. The smallest absolute Gasteiger partial charge is 0.416 e. The summed E-state index contributed by atoms with van der Waals surface area (Å²) in [6.45, 7) is 1.52. The lowest BCUT2D eigenvalue weighted by Crippen LogP contribution is -2.27. The van der Waals surface area contributed by atoms with E-state index in [9.17, 15) is 22.4 Å². The van der Waals surface area contributed by atoms with Gasteiger partial charge in [0, 0.05) is 23.6 Å². The summed E-state index contributed by atoms with van der Waals surface area (Å²) in [5.41, 5.74) is 0.00151. The first-order valence-corrected chi connectivity index (χ1v) is 8.97. The summed E-state index contributed by atoms with van der Waals surface area (Å²) >= 11 is 0. The van der Waals surface area contributed by atoms with Crippen LogP contribution in [0.2, 0.25) is 0 Å². The van der Waals surface area contributed by atoms with Crippen LogP contribution in [-0.2, 0) is 12.7 Å². The first-order chi connectivity index (χ1) is 14.6. The molecule has 2 aromatic carbocycles. The van der Waals surface area contributed by atoms with Gasteiger partial charge in [-0.25, -0.2) is 14.2 Å². The van der Waals surface area contributed by atoms with Crippen molar-refractivity contribution in [2.75, 3.05) is 14.2 Å². The van der Waals surface area contributed by atoms with Crippen LogP contribution in [0.4, 0.5) is 22.4 Å². The van der Waals surface area contributed by atoms with Gasteiger partial charge < -0.3 is 19.5 Å². The van der Waals surface area contributed by atoms with Crippen molar-refractivity contribution in [3.8, 4) is 17.4 Å². The van der Waals surface area contributed by atoms with E-state index in [4.69, 9.17) is 14.2 Å². The summed E-state index contributed by atoms with van der Waals surface area (Å²) in [7, 11) is 2.64. The minimum absolute atomic E-state index is 0.0379. The predicted octanol–water partition coefficient (Wildman–Crippen LogP) is 5.01. The van der Waals surface area contributed by atoms with Gasteiger partial charge in [0.05, 0.1) is 25.3 Å². The molecule has 0 saturated heterocycles. The number of hydrogen-bond donors (Lipinski definition) is 1. The number of rotatable bonds is 5. The number of halogens is 4. The van der Waals surface area contributed by atoms with Crippen molar-refractivity contribution in [2.24, 2.45) is 0 Å². The van der Waals surface area contributed by atoms with Crippen molar-refractivity contribution in [1.82, 2.24) is 10.3 Å². The molecule has 6 nitrogen and oxygen atoms in total. The molecule has 0 bridgehead atoms. The number of nitrogens with one attached hydrogen (secondary N) is 1. The molecular formula is C21H18F4N2O4. The van der Waals surface area contributed by atoms with Crippen LogP contribution in [0, 0.1) is 12.7 Å². The first-order valence-electron chi connectivity index (χ1n) is 8.97. The van der Waals surface area contributed by atoms with Gasteiger partial charge in [-0.1, -0.05) is 6.07 Å². The van der Waals surface area contributed by atoms with Crippen LogP contribution in [0.3, 0.4) is 0 Å². The molecule has 0 atom stereocenters. The quantitative estimate of drug-likeness (QED) is 0.568. The van der Waals surface area contributed by atoms with Crippen molar-refractivity contribution >= 4 is 17.0 Å². The summed E-state index contributed by atoms with van der Waals surface area (Å²) in [5, 5.41) is 2.83. The molecule has 1 heterocycles. The van der Waals surface area contributed by atoms with Crippen LogP contribution in [0.5, 0.6) is 17.4 Å². The van der Waals surface area contributed by atoms with E-state index in [0.717, 1.165) is 12.1 Å². The maximum absolute atomic E-state index is 13.6. The minimum atomic E-state index is -4.52. The highest BCUT2D eigenvalue weighted by Crippen LogP contribution is 2.37. The number of benzene rings is 2. The summed E-state index contributed by atoms with van der Waals surface area (Å²) in [5.74, 6) is -0.422. The van der Waals surface area contributed by atoms with Crippen LogP contribution >= 0.6 is 0 Å². The molecular weight excluding hydrogens is 420 g/mol. The van der Waals surface area contributed by atoms with Gasteiger partial charge in [0.1, 0.15) is 11.6 Å². The van der Waals surface area contributed by atoms with E-state index < -0.39 is 23.7 Å². The van der Waals surface area contributed by atoms with Crippen LogP contribution < -0.4 is 19.5 Å². The number of carbonyl (C=O) groups is 1. The molecule has 1 aromatic heterocycles. The zero-order valence-electron chi connectivity index (χ0n) is 16.8. The maximum Gasteiger partial charge on any atom is 0.416 e. The number of amides is 1. The average Bonchev–Trinajstić information content (AvgIpc) is 2.72. The topological polar surface area (TPSA) is 69.7 Å². The third-order valence-electron chi connectivity index (χ3n) is 4.48. The SMILES string of the molecule is COc1cc(F)cc(CNC(=O)Oc2c(OC)nc3cc(C(F)(F)F)ccc3c2C)c1. The lowest BCUT2D eigenvalue weighted by atomic mass is 10.1. The molecule has 3 rings (SSSR count). The Kier molecular flexibility index (Phi) is 6.19. The number of pyridine rings is 1. The number of aryl methyl sites for hydroxylation is 1. The van der Waals surface area contributed by atoms with E-state index in [2.05, 4.69) is 10.3 Å². The molecule has 1 N–H and O–H groups in total. The zero-order chi connectivity index (χ0) is 22.8. The number of methoxy groups -OCH3 is 2. The van der Waals surface area contributed by atoms with E-state index in [1.54, 1.807) is 13.0 Å². The molecule has 0 saturated carbocycles. The van der Waals surface area contributed by atoms with Crippen LogP contribution in [0.15, 0.2) is 36.4 Å². The van der Waals surface area contributed by atoms with Crippen molar-refractivity contribution in [2.45, 2.75) is 19.6 Å². The maximum atomic E-state index is 13.6. The van der Waals surface area contributed by atoms with Gasteiger partial charge >= 0.3 is 12.3 Å². The van der Waals surface area contributed by atoms with Gasteiger partial charge in [-0.05, 0) is 36.8 Å². The molecule has 0 aliphatic rings. The Labute approximate surface area is 174 Å². The highest BCUT2D eigenvalue weighted by atomic mass is 19.4. The third kappa shape index (κ3) is 4.96. The molecule has 3 aromatic rings. The van der Waals surface area contributed by atoms with E-state index >= 15 is 0 Å². The lowest BCUT2D eigenvalue weighted by Gasteiger charge is -2.15. The fourth-order valence-corrected chi connectivity index (χ4v) is 2.96. The average molecular weight is 438 g/mol. The molecule has 0 aliphatic heterocycles. The molecule has 0 fully saturated rings. The van der Waals surface area contributed by atoms with E-state index in [-0.39, 0.29) is 23.7 Å². The van der Waals surface area contributed by atoms with Gasteiger partial charge in [0.25, 0.3) is 5.88 Å². The molecule has 0 spiro atoms. The first kappa shape index (κ1) is 22.1. The third-order valence-corrected chi connectivity index (χ3v) is 4.48. The van der Waals surface area contributed by atoms with Crippen molar-refractivity contribution in [3.05, 3.63) is 58.9 Å². The zero-order valence-corrected chi connectivity index (χ0v) is 16.8. The second-order valence-electron chi connectivity index (χ2n) is 6.55. The molecule has 0 unspecified atom stereocenters. The predicted molar refractivity (Wildman–Crippen MR) is 104 cm³/mol. The number of ether oxygens (including phenoxy) is 3. The van der Waals surface area contributed by atoms with E-state index in [0.29, 0.717) is 22.3 Å². The van der Waals surface area contributed by atoms with Crippen molar-refractivity contribution in [3.63, 3.8) is 0 Å². The molecule has 1 amide bonds. The molecule has 0 aliphatic carbocycles. The van der Waals surface area contributed by atoms with Gasteiger partial charge in [-0.15, -0.1) is 0 Å². The highest BCUT2D eigenvalue weighted by Gasteiger charge is 2.31. The Balaban J connectivity index is 1.84. The van der Waals surface area contributed by atoms with Crippen molar-refractivity contribution < 1.29 is 36.6 Å². The molecule has 31 heavy (non-hydrogen) atoms. The monoisotopic (exact) mass is 438 g/mol. The summed E-state index contributed by atoms with van der Waals surface area (Å²) in [4.78, 5) is 16.3. The van der Waals surface area contributed by atoms with Gasteiger partial charge in [-0.2, -0.15) is 13.2 Å². The normalized spacial score (nSPS) is 11.3. The minimum Gasteiger partial charge on any atom is -0.497 e. The largest absolute Gasteiger partial charge is 0.497 e. The highest BCUT2D eigenvalue weighted by molar-refractivity contribution is 5.87. The van der Waals surface area contributed by atoms with Crippen molar-refractivity contribution in [1.29, 1.82) is 0 Å². The van der Waals surface area contributed by atoms with Crippen LogP contribution in [0.1, 0.15) is 16.7 Å². The molecule has 0 radical (unpaired) electrons. The fraction of sp³-hybridized carbons (Fsp3) is 0.238. The standard InChI is InChI=1S/C21H18F4N2O4/c1-11-16-5-4-13(21(23,24)25)8-17(16)27-19(30-3)18(11)31-20(28)26-10-12-6-14(22)9-15(7-12)29-2/h4-9H,10H2,1-3H3,(H,26,28). The van der Waals surface area contributed by atoms with E-state index in [1.165, 1.54) is 32.4 Å². The second-order valence-corrected chi connectivity index (χ2v) is 6.55. The molecule has 164 valence electrons. The fourth-order valence-electron chi connectivity index (χ4n) is 2.96. The lowest BCUT2D eigenvalue weighted by molar-refractivity contribution is -0.137. The Morgan fingerprint density at radius 1 is 1.10 bits per heavy atom. The van der Waals surface area contributed by atoms with Crippen LogP contribution in [-0.4, -0.2) is 25.3 Å². The number of carbonyl (C=O) groups excluding carboxylic acids is 1. The Bertz CT molecular complexity index is 1130.